The second-order valence-electron chi connectivity index (χ2n) is 4.30. The fraction of sp³-hybridized carbons (Fsp3) is 0.308. The molecule has 1 aromatic heterocycles. The molecule has 0 aliphatic heterocycles. The highest BCUT2D eigenvalue weighted by Gasteiger charge is 2.37. The number of benzene rings is 1. The summed E-state index contributed by atoms with van der Waals surface area (Å²) in [6.45, 7) is -0.0625. The van der Waals surface area contributed by atoms with Crippen LogP contribution in [0.2, 0.25) is 0 Å². The van der Waals surface area contributed by atoms with Crippen molar-refractivity contribution in [3.63, 3.8) is 0 Å². The summed E-state index contributed by atoms with van der Waals surface area (Å²) in [6, 6.07) is 7.29. The molecule has 2 aromatic rings. The highest BCUT2D eigenvalue weighted by molar-refractivity contribution is 9.10. The Hall–Kier alpha value is -1.38. The maximum Gasteiger partial charge on any atom is 0.427 e. The van der Waals surface area contributed by atoms with Gasteiger partial charge in [-0.05, 0) is 24.3 Å². The van der Waals surface area contributed by atoms with Gasteiger partial charge in [0.25, 0.3) is 0 Å². The monoisotopic (exact) mass is 364 g/mol. The van der Waals surface area contributed by atoms with Crippen molar-refractivity contribution in [3.05, 3.63) is 40.7 Å². The molecule has 0 saturated carbocycles. The summed E-state index contributed by atoms with van der Waals surface area (Å²) in [5.41, 5.74) is 1.28. The van der Waals surface area contributed by atoms with Gasteiger partial charge in [0.05, 0.1) is 5.69 Å². The van der Waals surface area contributed by atoms with Crippen LogP contribution in [-0.4, -0.2) is 29.0 Å². The van der Waals surface area contributed by atoms with Crippen molar-refractivity contribution in [2.45, 2.75) is 18.8 Å². The van der Waals surface area contributed by atoms with Crippen LogP contribution in [0, 0.1) is 0 Å². The van der Waals surface area contributed by atoms with Gasteiger partial charge in [-0.25, -0.2) is 4.98 Å². The summed E-state index contributed by atoms with van der Waals surface area (Å²) in [7, 11) is 0. The molecule has 8 heteroatoms. The van der Waals surface area contributed by atoms with Crippen molar-refractivity contribution < 1.29 is 22.7 Å². The Morgan fingerprint density at radius 1 is 1.29 bits per heavy atom. The molecule has 4 nitrogen and oxygen atoms in total. The van der Waals surface area contributed by atoms with Crippen molar-refractivity contribution in [2.24, 2.45) is 0 Å². The van der Waals surface area contributed by atoms with Crippen LogP contribution in [0.5, 0.6) is 0 Å². The molecular formula is C13H12BrF3N2O2. The molecule has 21 heavy (non-hydrogen) atoms. The topological polar surface area (TPSA) is 58.3 Å². The first-order valence-corrected chi connectivity index (χ1v) is 6.84. The van der Waals surface area contributed by atoms with Crippen LogP contribution >= 0.6 is 15.9 Å². The lowest BCUT2D eigenvalue weighted by atomic mass is 10.2. The van der Waals surface area contributed by atoms with E-state index in [1.165, 1.54) is 6.26 Å². The summed E-state index contributed by atoms with van der Waals surface area (Å²) in [5.74, 6) is 0.397. The van der Waals surface area contributed by atoms with Crippen molar-refractivity contribution in [1.29, 1.82) is 0 Å². The molecule has 2 rings (SSSR count). The molecule has 1 aromatic carbocycles. The van der Waals surface area contributed by atoms with Gasteiger partial charge < -0.3 is 9.52 Å². The second kappa shape index (κ2) is 6.59. The van der Waals surface area contributed by atoms with Crippen molar-refractivity contribution >= 4 is 15.9 Å². The van der Waals surface area contributed by atoms with Gasteiger partial charge in [-0.3, -0.25) is 5.32 Å². The van der Waals surface area contributed by atoms with Gasteiger partial charge in [0.1, 0.15) is 6.26 Å². The lowest BCUT2D eigenvalue weighted by Crippen LogP contribution is -2.42. The number of oxazole rings is 1. The van der Waals surface area contributed by atoms with E-state index in [1.54, 1.807) is 0 Å². The zero-order valence-electron chi connectivity index (χ0n) is 10.7. The predicted octanol–water partition coefficient (Wildman–Crippen LogP) is 3.12. The second-order valence-corrected chi connectivity index (χ2v) is 5.21. The number of halogens is 4. The maximum atomic E-state index is 12.1. The van der Waals surface area contributed by atoms with Crippen molar-refractivity contribution in [2.75, 3.05) is 6.54 Å². The van der Waals surface area contributed by atoms with Gasteiger partial charge in [0, 0.05) is 23.0 Å². The van der Waals surface area contributed by atoms with Gasteiger partial charge in [0.2, 0.25) is 12.1 Å². The highest BCUT2D eigenvalue weighted by Crippen LogP contribution is 2.21. The largest absolute Gasteiger partial charge is 0.444 e. The Morgan fingerprint density at radius 3 is 2.57 bits per heavy atom. The number of nitrogens with zero attached hydrogens (tertiary/aromatic N) is 1. The molecule has 0 fully saturated rings. The summed E-state index contributed by atoms with van der Waals surface area (Å²) in [4.78, 5) is 4.18. The molecule has 1 atom stereocenters. The Kier molecular flexibility index (Phi) is 5.02. The first-order valence-electron chi connectivity index (χ1n) is 6.05. The summed E-state index contributed by atoms with van der Waals surface area (Å²) in [5, 5.41) is 10.8. The lowest BCUT2D eigenvalue weighted by molar-refractivity contribution is -0.213. The van der Waals surface area contributed by atoms with E-state index < -0.39 is 12.4 Å². The van der Waals surface area contributed by atoms with E-state index in [4.69, 9.17) is 9.52 Å². The number of rotatable bonds is 5. The van der Waals surface area contributed by atoms with Crippen LogP contribution in [0.25, 0.3) is 11.5 Å². The van der Waals surface area contributed by atoms with Crippen LogP contribution in [0.1, 0.15) is 5.69 Å². The summed E-state index contributed by atoms with van der Waals surface area (Å²) in [6.07, 6.45) is -5.60. The molecule has 0 bridgehead atoms. The molecule has 0 amide bonds. The minimum absolute atomic E-state index is 0.0625. The van der Waals surface area contributed by atoms with Gasteiger partial charge in [-0.15, -0.1) is 0 Å². The Morgan fingerprint density at radius 2 is 1.95 bits per heavy atom. The first kappa shape index (κ1) is 16.0. The third-order valence-corrected chi connectivity index (χ3v) is 3.20. The number of hydrogen-bond acceptors (Lipinski definition) is 4. The average molecular weight is 365 g/mol. The number of hydrogen-bond donors (Lipinski definition) is 2. The molecule has 0 spiro atoms. The van der Waals surface area contributed by atoms with E-state index >= 15 is 0 Å². The molecule has 1 unspecified atom stereocenters. The van der Waals surface area contributed by atoms with Crippen LogP contribution in [-0.2, 0) is 6.42 Å². The van der Waals surface area contributed by atoms with E-state index in [0.717, 1.165) is 10.0 Å². The number of nitrogens with one attached hydrogen (secondary N) is 1. The Balaban J connectivity index is 1.90. The smallest absolute Gasteiger partial charge is 0.427 e. The normalized spacial score (nSPS) is 13.4. The molecule has 0 aliphatic rings. The highest BCUT2D eigenvalue weighted by atomic mass is 79.9. The number of alkyl halides is 3. The van der Waals surface area contributed by atoms with E-state index in [1.807, 2.05) is 29.6 Å². The maximum absolute atomic E-state index is 12.1. The molecule has 2 N–H and O–H groups in total. The fourth-order valence-electron chi connectivity index (χ4n) is 1.60. The number of aliphatic hydroxyl groups is 1. The molecular weight excluding hydrogens is 353 g/mol. The van der Waals surface area contributed by atoms with E-state index in [-0.39, 0.29) is 13.0 Å². The summed E-state index contributed by atoms with van der Waals surface area (Å²) < 4.78 is 42.4. The lowest BCUT2D eigenvalue weighted by Gasteiger charge is -2.15. The Bertz CT molecular complexity index is 584. The third kappa shape index (κ3) is 4.55. The number of aromatic nitrogens is 1. The number of aliphatic hydroxyl groups excluding tert-OH is 1. The van der Waals surface area contributed by atoms with E-state index in [0.29, 0.717) is 11.6 Å². The molecule has 0 aliphatic carbocycles. The SMILES string of the molecule is OC(NCCc1coc(-c2ccc(Br)cc2)n1)C(F)(F)F. The van der Waals surface area contributed by atoms with Gasteiger partial charge in [-0.1, -0.05) is 15.9 Å². The predicted molar refractivity (Wildman–Crippen MR) is 73.4 cm³/mol. The zero-order chi connectivity index (χ0) is 15.5. The molecule has 114 valence electrons. The first-order chi connectivity index (χ1) is 9.86. The zero-order valence-corrected chi connectivity index (χ0v) is 12.3. The van der Waals surface area contributed by atoms with Crippen molar-refractivity contribution in [3.8, 4) is 11.5 Å². The van der Waals surface area contributed by atoms with Gasteiger partial charge in [-0.2, -0.15) is 13.2 Å². The fourth-order valence-corrected chi connectivity index (χ4v) is 1.86. The van der Waals surface area contributed by atoms with Crippen LogP contribution in [0.3, 0.4) is 0 Å². The summed E-state index contributed by atoms with van der Waals surface area (Å²) >= 11 is 3.31. The molecule has 0 saturated heterocycles. The van der Waals surface area contributed by atoms with E-state index in [9.17, 15) is 13.2 Å². The quantitative estimate of drug-likeness (QED) is 0.800. The van der Waals surface area contributed by atoms with Crippen molar-refractivity contribution in [1.82, 2.24) is 10.3 Å². The van der Waals surface area contributed by atoms with Gasteiger partial charge in [0.15, 0.2) is 0 Å². The minimum atomic E-state index is -4.67. The minimum Gasteiger partial charge on any atom is -0.444 e. The molecule has 0 radical (unpaired) electrons. The van der Waals surface area contributed by atoms with E-state index in [2.05, 4.69) is 20.9 Å². The third-order valence-electron chi connectivity index (χ3n) is 2.67. The van der Waals surface area contributed by atoms with Crippen LogP contribution in [0.15, 0.2) is 39.4 Å². The van der Waals surface area contributed by atoms with Crippen LogP contribution in [0.4, 0.5) is 13.2 Å². The average Bonchev–Trinajstić information content (AvgIpc) is 2.87. The standard InChI is InChI=1S/C13H12BrF3N2O2/c14-9-3-1-8(2-4-9)11-19-10(7-21-11)5-6-18-12(20)13(15,16)17/h1-4,7,12,18,20H,5-6H2. The molecule has 1 heterocycles. The van der Waals surface area contributed by atoms with Gasteiger partial charge >= 0.3 is 6.18 Å². The Labute approximate surface area is 127 Å². The van der Waals surface area contributed by atoms with Crippen LogP contribution < -0.4 is 5.32 Å².